The number of nitrogens with zero attached hydrogens (tertiary/aromatic N) is 1. The van der Waals surface area contributed by atoms with E-state index in [1.807, 2.05) is 12.1 Å². The van der Waals surface area contributed by atoms with Gasteiger partial charge in [-0.05, 0) is 43.2 Å². The fraction of sp³-hybridized carbons (Fsp3) is 0.667. The Balaban J connectivity index is 1.55. The summed E-state index contributed by atoms with van der Waals surface area (Å²) in [4.78, 5) is 4.51. The minimum atomic E-state index is -3.53. The zero-order valence-electron chi connectivity index (χ0n) is 12.3. The van der Waals surface area contributed by atoms with Crippen molar-refractivity contribution >= 4 is 10.0 Å². The summed E-state index contributed by atoms with van der Waals surface area (Å²) in [5.74, 6) is -3.35. The van der Waals surface area contributed by atoms with E-state index in [-0.39, 0.29) is 25.1 Å². The topological polar surface area (TPSA) is 59.1 Å². The fourth-order valence-corrected chi connectivity index (χ4v) is 4.52. The molecule has 0 radical (unpaired) electrons. The molecule has 2 aliphatic carbocycles. The molecular formula is C15H20F2N2O2S. The number of hydrogen-bond donors (Lipinski definition) is 1. The highest BCUT2D eigenvalue weighted by atomic mass is 32.2. The van der Waals surface area contributed by atoms with Gasteiger partial charge in [0.05, 0.1) is 18.0 Å². The van der Waals surface area contributed by atoms with E-state index < -0.39 is 21.9 Å². The maximum absolute atomic E-state index is 12.7. The largest absolute Gasteiger partial charge is 0.256 e. The molecule has 0 saturated heterocycles. The van der Waals surface area contributed by atoms with Crippen molar-refractivity contribution in [1.29, 1.82) is 0 Å². The Kier molecular flexibility index (Phi) is 4.20. The van der Waals surface area contributed by atoms with E-state index in [0.717, 1.165) is 25.0 Å². The fourth-order valence-electron chi connectivity index (χ4n) is 3.18. The van der Waals surface area contributed by atoms with Gasteiger partial charge in [0, 0.05) is 18.5 Å². The molecule has 1 heterocycles. The number of fused-ring (bicyclic) bond motifs is 1. The number of aryl methyl sites for hydroxylation is 2. The number of rotatable bonds is 5. The average Bonchev–Trinajstić information content (AvgIpc) is 2.43. The Morgan fingerprint density at radius 2 is 1.95 bits per heavy atom. The van der Waals surface area contributed by atoms with Gasteiger partial charge in [0.1, 0.15) is 0 Å². The second kappa shape index (κ2) is 5.85. The lowest BCUT2D eigenvalue weighted by Gasteiger charge is -2.34. The van der Waals surface area contributed by atoms with Gasteiger partial charge in [0.15, 0.2) is 0 Å². The van der Waals surface area contributed by atoms with E-state index in [4.69, 9.17) is 0 Å². The van der Waals surface area contributed by atoms with Crippen LogP contribution in [0, 0.1) is 5.92 Å². The van der Waals surface area contributed by atoms with Gasteiger partial charge >= 0.3 is 0 Å². The summed E-state index contributed by atoms with van der Waals surface area (Å²) >= 11 is 0. The predicted molar refractivity (Wildman–Crippen MR) is 79.2 cm³/mol. The summed E-state index contributed by atoms with van der Waals surface area (Å²) in [6.07, 6.45) is 3.60. The standard InChI is InChI=1S/C15H20F2N2O2S/c16-15(17)7-11(8-15)10-22(20,21)18-9-13-6-5-12-3-1-2-4-14(12)19-13/h5-6,11,18H,1-4,7-10H2. The average molecular weight is 330 g/mol. The van der Waals surface area contributed by atoms with Crippen molar-refractivity contribution in [2.24, 2.45) is 5.92 Å². The first kappa shape index (κ1) is 15.8. The van der Waals surface area contributed by atoms with Crippen molar-refractivity contribution < 1.29 is 17.2 Å². The Hall–Kier alpha value is -1.08. The summed E-state index contributed by atoms with van der Waals surface area (Å²) in [5, 5.41) is 0. The molecule has 1 aromatic heterocycles. The maximum atomic E-state index is 12.7. The van der Waals surface area contributed by atoms with Crippen LogP contribution in [0.25, 0.3) is 0 Å². The van der Waals surface area contributed by atoms with Gasteiger partial charge in [0.25, 0.3) is 0 Å². The second-order valence-electron chi connectivity index (χ2n) is 6.35. The molecular weight excluding hydrogens is 310 g/mol. The zero-order valence-corrected chi connectivity index (χ0v) is 13.1. The molecule has 0 aliphatic heterocycles. The molecule has 0 unspecified atom stereocenters. The lowest BCUT2D eigenvalue weighted by molar-refractivity contribution is -0.103. The summed E-state index contributed by atoms with van der Waals surface area (Å²) in [6, 6.07) is 3.85. The van der Waals surface area contributed by atoms with Gasteiger partial charge < -0.3 is 0 Å². The Morgan fingerprint density at radius 1 is 1.23 bits per heavy atom. The van der Waals surface area contributed by atoms with Gasteiger partial charge in [-0.25, -0.2) is 21.9 Å². The van der Waals surface area contributed by atoms with Crippen molar-refractivity contribution in [2.45, 2.75) is 51.0 Å². The molecule has 0 amide bonds. The van der Waals surface area contributed by atoms with Crippen LogP contribution in [0.4, 0.5) is 8.78 Å². The van der Waals surface area contributed by atoms with Gasteiger partial charge in [-0.2, -0.15) is 0 Å². The molecule has 0 bridgehead atoms. The molecule has 1 aromatic rings. The van der Waals surface area contributed by atoms with Crippen LogP contribution in [0.3, 0.4) is 0 Å². The van der Waals surface area contributed by atoms with Gasteiger partial charge in [-0.1, -0.05) is 6.07 Å². The molecule has 0 atom stereocenters. The minimum Gasteiger partial charge on any atom is -0.256 e. The van der Waals surface area contributed by atoms with Crippen LogP contribution in [0.2, 0.25) is 0 Å². The highest BCUT2D eigenvalue weighted by Crippen LogP contribution is 2.42. The molecule has 122 valence electrons. The van der Waals surface area contributed by atoms with E-state index in [1.165, 1.54) is 12.0 Å². The third-order valence-corrected chi connectivity index (χ3v) is 5.83. The Bertz CT molecular complexity index is 654. The third-order valence-electron chi connectivity index (χ3n) is 4.34. The summed E-state index contributed by atoms with van der Waals surface area (Å²) < 4.78 is 51.8. The molecule has 3 rings (SSSR count). The second-order valence-corrected chi connectivity index (χ2v) is 8.20. The molecule has 4 nitrogen and oxygen atoms in total. The van der Waals surface area contributed by atoms with E-state index in [9.17, 15) is 17.2 Å². The van der Waals surface area contributed by atoms with E-state index in [2.05, 4.69) is 9.71 Å². The molecule has 2 aliphatic rings. The number of nitrogens with one attached hydrogen (secondary N) is 1. The number of sulfonamides is 1. The molecule has 1 N–H and O–H groups in total. The lowest BCUT2D eigenvalue weighted by Crippen LogP contribution is -2.41. The van der Waals surface area contributed by atoms with E-state index >= 15 is 0 Å². The molecule has 22 heavy (non-hydrogen) atoms. The SMILES string of the molecule is O=S(=O)(CC1CC(F)(F)C1)NCc1ccc2c(n1)CCCC2. The summed E-state index contributed by atoms with van der Waals surface area (Å²) in [7, 11) is -3.53. The lowest BCUT2D eigenvalue weighted by atomic mass is 9.83. The van der Waals surface area contributed by atoms with Crippen molar-refractivity contribution in [3.05, 3.63) is 29.1 Å². The minimum absolute atomic E-state index is 0.124. The van der Waals surface area contributed by atoms with Crippen LogP contribution >= 0.6 is 0 Å². The number of halogens is 2. The summed E-state index contributed by atoms with van der Waals surface area (Å²) in [6.45, 7) is 0.124. The van der Waals surface area contributed by atoms with Gasteiger partial charge in [0.2, 0.25) is 15.9 Å². The van der Waals surface area contributed by atoms with Crippen LogP contribution in [-0.2, 0) is 29.4 Å². The number of hydrogen-bond acceptors (Lipinski definition) is 3. The Morgan fingerprint density at radius 3 is 2.68 bits per heavy atom. The van der Waals surface area contributed by atoms with Crippen LogP contribution in [0.15, 0.2) is 12.1 Å². The van der Waals surface area contributed by atoms with Gasteiger partial charge in [-0.3, -0.25) is 4.98 Å². The maximum Gasteiger partial charge on any atom is 0.248 e. The smallest absolute Gasteiger partial charge is 0.248 e. The van der Waals surface area contributed by atoms with Crippen LogP contribution in [0.5, 0.6) is 0 Å². The Labute approximate surface area is 129 Å². The summed E-state index contributed by atoms with van der Waals surface area (Å²) in [5.41, 5.74) is 2.99. The quantitative estimate of drug-likeness (QED) is 0.902. The van der Waals surface area contributed by atoms with Crippen LogP contribution in [-0.4, -0.2) is 25.1 Å². The molecule has 1 saturated carbocycles. The van der Waals surface area contributed by atoms with Crippen LogP contribution < -0.4 is 4.72 Å². The number of alkyl halides is 2. The van der Waals surface area contributed by atoms with Crippen molar-refractivity contribution in [1.82, 2.24) is 9.71 Å². The van der Waals surface area contributed by atoms with Crippen molar-refractivity contribution in [3.8, 4) is 0 Å². The first-order chi connectivity index (χ1) is 10.3. The van der Waals surface area contributed by atoms with Gasteiger partial charge in [-0.15, -0.1) is 0 Å². The van der Waals surface area contributed by atoms with E-state index in [0.29, 0.717) is 5.69 Å². The first-order valence-corrected chi connectivity index (χ1v) is 9.31. The highest BCUT2D eigenvalue weighted by Gasteiger charge is 2.46. The van der Waals surface area contributed by atoms with Crippen molar-refractivity contribution in [3.63, 3.8) is 0 Å². The third kappa shape index (κ3) is 3.81. The monoisotopic (exact) mass is 330 g/mol. The normalized spacial score (nSPS) is 21.2. The molecule has 7 heteroatoms. The predicted octanol–water partition coefficient (Wildman–Crippen LogP) is 2.43. The highest BCUT2D eigenvalue weighted by molar-refractivity contribution is 7.89. The molecule has 1 fully saturated rings. The first-order valence-electron chi connectivity index (χ1n) is 7.66. The van der Waals surface area contributed by atoms with E-state index in [1.54, 1.807) is 0 Å². The van der Waals surface area contributed by atoms with Crippen molar-refractivity contribution in [2.75, 3.05) is 5.75 Å². The van der Waals surface area contributed by atoms with Crippen LogP contribution in [0.1, 0.15) is 42.6 Å². The molecule has 0 spiro atoms. The number of aromatic nitrogens is 1. The molecule has 0 aromatic carbocycles. The zero-order chi connectivity index (χ0) is 15.8. The number of pyridine rings is 1.